The number of hydrogen-bond acceptors (Lipinski definition) is 3. The first-order valence-corrected chi connectivity index (χ1v) is 8.39. The zero-order valence-electron chi connectivity index (χ0n) is 14.6. The minimum atomic E-state index is 0.000268. The Morgan fingerprint density at radius 1 is 1.00 bits per heavy atom. The average molecular weight is 326 g/mol. The molecular formula is C20H26N2O2. The number of amides is 1. The highest BCUT2D eigenvalue weighted by molar-refractivity contribution is 5.90. The monoisotopic (exact) mass is 326 g/mol. The molecule has 0 aliphatic carbocycles. The van der Waals surface area contributed by atoms with E-state index >= 15 is 0 Å². The van der Waals surface area contributed by atoms with Crippen molar-refractivity contribution in [3.05, 3.63) is 60.2 Å². The summed E-state index contributed by atoms with van der Waals surface area (Å²) in [7, 11) is 0. The molecule has 0 fully saturated rings. The Balaban J connectivity index is 1.73. The maximum atomic E-state index is 12.0. The maximum absolute atomic E-state index is 12.0. The number of benzene rings is 2. The number of hydrogen-bond donors (Lipinski definition) is 2. The van der Waals surface area contributed by atoms with Crippen LogP contribution in [-0.4, -0.2) is 18.6 Å². The van der Waals surface area contributed by atoms with Crippen LogP contribution in [-0.2, 0) is 4.79 Å². The summed E-state index contributed by atoms with van der Waals surface area (Å²) in [6, 6.07) is 17.9. The predicted molar refractivity (Wildman–Crippen MR) is 98.3 cm³/mol. The van der Waals surface area contributed by atoms with E-state index in [0.29, 0.717) is 13.0 Å². The van der Waals surface area contributed by atoms with Crippen LogP contribution in [0.2, 0.25) is 0 Å². The first-order valence-electron chi connectivity index (χ1n) is 8.39. The Morgan fingerprint density at radius 3 is 2.29 bits per heavy atom. The molecule has 0 bridgehead atoms. The molecule has 0 aliphatic rings. The fourth-order valence-corrected chi connectivity index (χ4v) is 2.37. The summed E-state index contributed by atoms with van der Waals surface area (Å²) in [5, 5.41) is 6.27. The van der Waals surface area contributed by atoms with Gasteiger partial charge in [0.25, 0.3) is 0 Å². The predicted octanol–water partition coefficient (Wildman–Crippen LogP) is 4.15. The van der Waals surface area contributed by atoms with Gasteiger partial charge in [0, 0.05) is 24.7 Å². The van der Waals surface area contributed by atoms with E-state index in [-0.39, 0.29) is 18.1 Å². The quantitative estimate of drug-likeness (QED) is 0.766. The number of rotatable bonds is 8. The van der Waals surface area contributed by atoms with Crippen molar-refractivity contribution in [2.24, 2.45) is 0 Å². The van der Waals surface area contributed by atoms with E-state index in [9.17, 15) is 4.79 Å². The Morgan fingerprint density at radius 2 is 1.67 bits per heavy atom. The highest BCUT2D eigenvalue weighted by Gasteiger charge is 2.06. The lowest BCUT2D eigenvalue weighted by molar-refractivity contribution is -0.116. The molecule has 4 nitrogen and oxygen atoms in total. The number of ether oxygens (including phenoxy) is 1. The van der Waals surface area contributed by atoms with E-state index in [1.165, 1.54) is 5.56 Å². The molecule has 0 saturated heterocycles. The van der Waals surface area contributed by atoms with Gasteiger partial charge in [-0.3, -0.25) is 4.79 Å². The molecule has 1 atom stereocenters. The minimum absolute atomic E-state index is 0.000268. The summed E-state index contributed by atoms with van der Waals surface area (Å²) in [5.41, 5.74) is 2.01. The number of carbonyl (C=O) groups excluding carboxylic acids is 1. The second-order valence-corrected chi connectivity index (χ2v) is 6.08. The van der Waals surface area contributed by atoms with Gasteiger partial charge in [-0.1, -0.05) is 30.3 Å². The molecule has 1 amide bonds. The smallest absolute Gasteiger partial charge is 0.225 e. The highest BCUT2D eigenvalue weighted by Crippen LogP contribution is 2.17. The Bertz CT molecular complexity index is 624. The third-order valence-electron chi connectivity index (χ3n) is 3.61. The van der Waals surface area contributed by atoms with Crippen LogP contribution >= 0.6 is 0 Å². The van der Waals surface area contributed by atoms with Gasteiger partial charge in [0.1, 0.15) is 5.75 Å². The van der Waals surface area contributed by atoms with Crippen LogP contribution in [0.5, 0.6) is 5.75 Å². The molecule has 2 N–H and O–H groups in total. The second-order valence-electron chi connectivity index (χ2n) is 6.08. The first kappa shape index (κ1) is 18.0. The lowest BCUT2D eigenvalue weighted by Gasteiger charge is -2.14. The zero-order chi connectivity index (χ0) is 17.4. The van der Waals surface area contributed by atoms with Crippen molar-refractivity contribution >= 4 is 11.6 Å². The van der Waals surface area contributed by atoms with Crippen molar-refractivity contribution in [2.45, 2.75) is 39.3 Å². The molecule has 128 valence electrons. The highest BCUT2D eigenvalue weighted by atomic mass is 16.5. The Labute approximate surface area is 144 Å². The first-order chi connectivity index (χ1) is 11.5. The van der Waals surface area contributed by atoms with Crippen molar-refractivity contribution in [1.82, 2.24) is 5.32 Å². The van der Waals surface area contributed by atoms with Gasteiger partial charge in [0.2, 0.25) is 5.91 Å². The third-order valence-corrected chi connectivity index (χ3v) is 3.61. The summed E-state index contributed by atoms with van der Waals surface area (Å²) in [6.45, 7) is 6.70. The average Bonchev–Trinajstić information content (AvgIpc) is 2.57. The second kappa shape index (κ2) is 9.08. The van der Waals surface area contributed by atoms with Gasteiger partial charge in [0.05, 0.1) is 6.10 Å². The van der Waals surface area contributed by atoms with Gasteiger partial charge >= 0.3 is 0 Å². The molecule has 4 heteroatoms. The van der Waals surface area contributed by atoms with Gasteiger partial charge in [-0.05, 0) is 50.6 Å². The molecule has 0 heterocycles. The number of nitrogens with one attached hydrogen (secondary N) is 2. The summed E-state index contributed by atoms with van der Waals surface area (Å²) < 4.78 is 5.58. The third kappa shape index (κ3) is 6.05. The van der Waals surface area contributed by atoms with E-state index in [2.05, 4.69) is 29.7 Å². The van der Waals surface area contributed by atoms with Crippen LogP contribution in [0, 0.1) is 0 Å². The molecule has 0 radical (unpaired) electrons. The van der Waals surface area contributed by atoms with Crippen LogP contribution < -0.4 is 15.4 Å². The summed E-state index contributed by atoms with van der Waals surface area (Å²) in [4.78, 5) is 12.0. The normalized spacial score (nSPS) is 12.0. The number of anilines is 1. The van der Waals surface area contributed by atoms with Crippen molar-refractivity contribution in [2.75, 3.05) is 11.9 Å². The van der Waals surface area contributed by atoms with Crippen LogP contribution in [0.15, 0.2) is 54.6 Å². The summed E-state index contributed by atoms with van der Waals surface area (Å²) in [6.07, 6.45) is 0.574. The van der Waals surface area contributed by atoms with Crippen LogP contribution in [0.4, 0.5) is 5.69 Å². The lowest BCUT2D eigenvalue weighted by atomic mass is 10.1. The fourth-order valence-electron chi connectivity index (χ4n) is 2.37. The van der Waals surface area contributed by atoms with Gasteiger partial charge in [-0.2, -0.15) is 0 Å². The molecule has 0 saturated carbocycles. The Hall–Kier alpha value is -2.33. The van der Waals surface area contributed by atoms with Crippen LogP contribution in [0.3, 0.4) is 0 Å². The van der Waals surface area contributed by atoms with Gasteiger partial charge < -0.3 is 15.4 Å². The van der Waals surface area contributed by atoms with E-state index in [1.54, 1.807) is 0 Å². The maximum Gasteiger partial charge on any atom is 0.225 e. The fraction of sp³-hybridized carbons (Fsp3) is 0.350. The number of carbonyl (C=O) groups is 1. The molecule has 0 spiro atoms. The molecule has 24 heavy (non-hydrogen) atoms. The molecule has 2 aromatic rings. The molecule has 0 aliphatic heterocycles. The van der Waals surface area contributed by atoms with E-state index in [1.807, 2.05) is 56.3 Å². The topological polar surface area (TPSA) is 50.4 Å². The molecule has 2 rings (SSSR count). The van der Waals surface area contributed by atoms with Crippen LogP contribution in [0.25, 0.3) is 0 Å². The van der Waals surface area contributed by atoms with Crippen molar-refractivity contribution in [3.8, 4) is 5.75 Å². The molecular weight excluding hydrogens is 300 g/mol. The van der Waals surface area contributed by atoms with Crippen molar-refractivity contribution in [1.29, 1.82) is 0 Å². The largest absolute Gasteiger partial charge is 0.491 e. The zero-order valence-corrected chi connectivity index (χ0v) is 14.6. The minimum Gasteiger partial charge on any atom is -0.491 e. The van der Waals surface area contributed by atoms with Gasteiger partial charge in [-0.25, -0.2) is 0 Å². The van der Waals surface area contributed by atoms with Gasteiger partial charge in [-0.15, -0.1) is 0 Å². The lowest BCUT2D eigenvalue weighted by Crippen LogP contribution is -2.24. The standard InChI is InChI=1S/C20H26N2O2/c1-15(2)24-19-11-9-18(10-12-19)22-20(23)13-14-21-16(3)17-7-5-4-6-8-17/h4-12,15-16,21H,13-14H2,1-3H3,(H,22,23). The van der Waals surface area contributed by atoms with Gasteiger partial charge in [0.15, 0.2) is 0 Å². The van der Waals surface area contributed by atoms with Crippen molar-refractivity contribution < 1.29 is 9.53 Å². The molecule has 2 aromatic carbocycles. The van der Waals surface area contributed by atoms with E-state index < -0.39 is 0 Å². The summed E-state index contributed by atoms with van der Waals surface area (Å²) >= 11 is 0. The van der Waals surface area contributed by atoms with Crippen LogP contribution in [0.1, 0.15) is 38.8 Å². The molecule has 0 aromatic heterocycles. The Kier molecular flexibility index (Phi) is 6.82. The van der Waals surface area contributed by atoms with E-state index in [4.69, 9.17) is 4.74 Å². The van der Waals surface area contributed by atoms with Crippen molar-refractivity contribution in [3.63, 3.8) is 0 Å². The van der Waals surface area contributed by atoms with E-state index in [0.717, 1.165) is 11.4 Å². The SMILES string of the molecule is CC(C)Oc1ccc(NC(=O)CCNC(C)c2ccccc2)cc1. The summed E-state index contributed by atoms with van der Waals surface area (Å²) in [5.74, 6) is 0.807. The molecule has 1 unspecified atom stereocenters.